The van der Waals surface area contributed by atoms with Crippen molar-refractivity contribution in [1.82, 2.24) is 0 Å². The molecule has 1 heterocycles. The molecule has 1 atom stereocenters. The molecule has 0 unspecified atom stereocenters. The van der Waals surface area contributed by atoms with E-state index in [-0.39, 0.29) is 5.60 Å². The summed E-state index contributed by atoms with van der Waals surface area (Å²) < 4.78 is 5.21. The summed E-state index contributed by atoms with van der Waals surface area (Å²) >= 11 is 3.33. The summed E-state index contributed by atoms with van der Waals surface area (Å²) in [5, 5.41) is 0.972. The highest BCUT2D eigenvalue weighted by Crippen LogP contribution is 2.35. The molecule has 0 radical (unpaired) electrons. The number of halogens is 1. The average molecular weight is 165 g/mol. The Morgan fingerprint density at radius 3 is 2.14 bits per heavy atom. The molecule has 0 N–H and O–H groups in total. The molecule has 0 aromatic heterocycles. The number of epoxide rings is 1. The van der Waals surface area contributed by atoms with Gasteiger partial charge in [0.05, 0.1) is 11.7 Å². The molecule has 1 rings (SSSR count). The van der Waals surface area contributed by atoms with Crippen molar-refractivity contribution in [2.45, 2.75) is 25.6 Å². The number of rotatable bonds is 1. The van der Waals surface area contributed by atoms with E-state index in [4.69, 9.17) is 4.74 Å². The standard InChI is InChI=1S/C5H9BrO/c1-5(2)4(3-6)7-5/h4H,3H2,1-2H3/t4-/m0/s1. The van der Waals surface area contributed by atoms with Crippen LogP contribution >= 0.6 is 15.9 Å². The minimum atomic E-state index is 0.170. The van der Waals surface area contributed by atoms with E-state index in [0.717, 1.165) is 5.33 Å². The lowest BCUT2D eigenvalue weighted by Gasteiger charge is -1.87. The van der Waals surface area contributed by atoms with Crippen LogP contribution in [0.3, 0.4) is 0 Å². The van der Waals surface area contributed by atoms with Gasteiger partial charge in [-0.1, -0.05) is 15.9 Å². The Morgan fingerprint density at radius 2 is 2.14 bits per heavy atom. The first-order chi connectivity index (χ1) is 3.17. The largest absolute Gasteiger partial charge is 0.366 e. The molecule has 7 heavy (non-hydrogen) atoms. The van der Waals surface area contributed by atoms with Crippen molar-refractivity contribution in [3.05, 3.63) is 0 Å². The molecule has 0 aliphatic carbocycles. The van der Waals surface area contributed by atoms with E-state index in [9.17, 15) is 0 Å². The first-order valence-corrected chi connectivity index (χ1v) is 3.53. The van der Waals surface area contributed by atoms with Crippen LogP contribution < -0.4 is 0 Å². The third kappa shape index (κ3) is 0.970. The minimum absolute atomic E-state index is 0.170. The fourth-order valence-corrected chi connectivity index (χ4v) is 1.46. The molecular formula is C5H9BrO. The lowest BCUT2D eigenvalue weighted by Crippen LogP contribution is -2.02. The highest BCUT2D eigenvalue weighted by atomic mass is 79.9. The summed E-state index contributed by atoms with van der Waals surface area (Å²) in [4.78, 5) is 0. The van der Waals surface area contributed by atoms with Gasteiger partial charge in [0.2, 0.25) is 0 Å². The molecule has 1 nitrogen and oxygen atoms in total. The number of hydrogen-bond donors (Lipinski definition) is 0. The summed E-state index contributed by atoms with van der Waals surface area (Å²) in [6.45, 7) is 4.19. The first-order valence-electron chi connectivity index (χ1n) is 2.40. The number of alkyl halides is 1. The number of ether oxygens (including phenoxy) is 1. The fourth-order valence-electron chi connectivity index (χ4n) is 0.550. The van der Waals surface area contributed by atoms with Crippen LogP contribution in [0.15, 0.2) is 0 Å². The van der Waals surface area contributed by atoms with Crippen LogP contribution in [0.1, 0.15) is 13.8 Å². The van der Waals surface area contributed by atoms with Crippen molar-refractivity contribution < 1.29 is 4.74 Å². The summed E-state index contributed by atoms with van der Waals surface area (Å²) in [6, 6.07) is 0. The molecule has 0 amide bonds. The Hall–Kier alpha value is 0.440. The van der Waals surface area contributed by atoms with E-state index in [1.165, 1.54) is 0 Å². The summed E-state index contributed by atoms with van der Waals surface area (Å²) in [6.07, 6.45) is 0.465. The van der Waals surface area contributed by atoms with E-state index in [1.54, 1.807) is 0 Å². The van der Waals surface area contributed by atoms with Crippen LogP contribution in [0.25, 0.3) is 0 Å². The fraction of sp³-hybridized carbons (Fsp3) is 1.00. The molecule has 0 aromatic carbocycles. The Labute approximate surface area is 52.2 Å². The molecule has 0 spiro atoms. The molecular weight excluding hydrogens is 156 g/mol. The lowest BCUT2D eigenvalue weighted by atomic mass is 10.2. The van der Waals surface area contributed by atoms with Crippen molar-refractivity contribution in [1.29, 1.82) is 0 Å². The Balaban J connectivity index is 2.30. The second kappa shape index (κ2) is 1.46. The van der Waals surface area contributed by atoms with Crippen LogP contribution in [0.5, 0.6) is 0 Å². The van der Waals surface area contributed by atoms with E-state index < -0.39 is 0 Å². The van der Waals surface area contributed by atoms with Gasteiger partial charge >= 0.3 is 0 Å². The molecule has 1 aliphatic rings. The SMILES string of the molecule is CC1(C)O[C@H]1CBr. The monoisotopic (exact) mass is 164 g/mol. The van der Waals surface area contributed by atoms with Crippen LogP contribution in [0, 0.1) is 0 Å². The van der Waals surface area contributed by atoms with Gasteiger partial charge in [0.25, 0.3) is 0 Å². The quantitative estimate of drug-likeness (QED) is 0.424. The van der Waals surface area contributed by atoms with E-state index in [1.807, 2.05) is 0 Å². The molecule has 42 valence electrons. The molecule has 1 aliphatic heterocycles. The molecule has 1 saturated heterocycles. The molecule has 0 bridgehead atoms. The topological polar surface area (TPSA) is 12.5 Å². The highest BCUT2D eigenvalue weighted by molar-refractivity contribution is 9.09. The van der Waals surface area contributed by atoms with Crippen molar-refractivity contribution >= 4 is 15.9 Å². The third-order valence-corrected chi connectivity index (χ3v) is 1.89. The van der Waals surface area contributed by atoms with Gasteiger partial charge in [-0.05, 0) is 13.8 Å². The Kier molecular flexibility index (Phi) is 1.16. The van der Waals surface area contributed by atoms with Crippen LogP contribution in [-0.4, -0.2) is 17.0 Å². The summed E-state index contributed by atoms with van der Waals surface area (Å²) in [7, 11) is 0. The summed E-state index contributed by atoms with van der Waals surface area (Å²) in [5.74, 6) is 0. The van der Waals surface area contributed by atoms with E-state index in [2.05, 4.69) is 29.8 Å². The van der Waals surface area contributed by atoms with Gasteiger partial charge in [-0.2, -0.15) is 0 Å². The van der Waals surface area contributed by atoms with Gasteiger partial charge < -0.3 is 4.74 Å². The Bertz CT molecular complexity index is 80.1. The zero-order valence-electron chi connectivity index (χ0n) is 4.57. The second-order valence-electron chi connectivity index (χ2n) is 2.36. The predicted molar refractivity (Wildman–Crippen MR) is 32.7 cm³/mol. The van der Waals surface area contributed by atoms with Gasteiger partial charge in [-0.25, -0.2) is 0 Å². The first kappa shape index (κ1) is 5.57. The Morgan fingerprint density at radius 1 is 1.71 bits per heavy atom. The zero-order valence-corrected chi connectivity index (χ0v) is 6.16. The van der Waals surface area contributed by atoms with Crippen LogP contribution in [0.4, 0.5) is 0 Å². The smallest absolute Gasteiger partial charge is 0.0964 e. The van der Waals surface area contributed by atoms with E-state index in [0.29, 0.717) is 6.10 Å². The normalized spacial score (nSPS) is 35.6. The van der Waals surface area contributed by atoms with Gasteiger partial charge in [0.15, 0.2) is 0 Å². The molecule has 1 fully saturated rings. The van der Waals surface area contributed by atoms with E-state index >= 15 is 0 Å². The second-order valence-corrected chi connectivity index (χ2v) is 3.01. The summed E-state index contributed by atoms with van der Waals surface area (Å²) in [5.41, 5.74) is 0.170. The number of hydrogen-bond acceptors (Lipinski definition) is 1. The van der Waals surface area contributed by atoms with Crippen molar-refractivity contribution in [2.24, 2.45) is 0 Å². The third-order valence-electron chi connectivity index (χ3n) is 1.30. The van der Waals surface area contributed by atoms with Gasteiger partial charge in [0.1, 0.15) is 0 Å². The zero-order chi connectivity index (χ0) is 5.49. The van der Waals surface area contributed by atoms with Gasteiger partial charge in [-0.3, -0.25) is 0 Å². The van der Waals surface area contributed by atoms with Crippen molar-refractivity contribution in [2.75, 3.05) is 5.33 Å². The molecule has 0 saturated carbocycles. The van der Waals surface area contributed by atoms with Crippen molar-refractivity contribution in [3.63, 3.8) is 0 Å². The molecule has 2 heteroatoms. The predicted octanol–water partition coefficient (Wildman–Crippen LogP) is 1.56. The lowest BCUT2D eigenvalue weighted by molar-refractivity contribution is 0.329. The molecule has 0 aromatic rings. The van der Waals surface area contributed by atoms with Gasteiger partial charge in [-0.15, -0.1) is 0 Å². The minimum Gasteiger partial charge on any atom is -0.366 e. The average Bonchev–Trinajstić information content (AvgIpc) is 2.13. The highest BCUT2D eigenvalue weighted by Gasteiger charge is 2.46. The van der Waals surface area contributed by atoms with Crippen molar-refractivity contribution in [3.8, 4) is 0 Å². The maximum atomic E-state index is 5.21. The van der Waals surface area contributed by atoms with Crippen LogP contribution in [-0.2, 0) is 4.74 Å². The van der Waals surface area contributed by atoms with Crippen LogP contribution in [0.2, 0.25) is 0 Å². The maximum Gasteiger partial charge on any atom is 0.0964 e. The van der Waals surface area contributed by atoms with Gasteiger partial charge in [0, 0.05) is 5.33 Å². The maximum absolute atomic E-state index is 5.21.